The van der Waals surface area contributed by atoms with Gasteiger partial charge in [-0.1, -0.05) is 24.3 Å². The van der Waals surface area contributed by atoms with Crippen molar-refractivity contribution < 1.29 is 19.1 Å². The van der Waals surface area contributed by atoms with Gasteiger partial charge in [-0.05, 0) is 77.9 Å². The van der Waals surface area contributed by atoms with Crippen molar-refractivity contribution in [3.05, 3.63) is 71.8 Å². The average Bonchev–Trinajstić information content (AvgIpc) is 3.43. The van der Waals surface area contributed by atoms with Crippen molar-refractivity contribution in [3.63, 3.8) is 0 Å². The molecule has 0 aliphatic heterocycles. The first-order valence-electron chi connectivity index (χ1n) is 12.2. The van der Waals surface area contributed by atoms with E-state index in [1.165, 1.54) is 0 Å². The average molecular weight is 545 g/mol. The maximum atomic E-state index is 12.3. The van der Waals surface area contributed by atoms with Crippen LogP contribution in [0.2, 0.25) is 0 Å². The molecule has 0 saturated heterocycles. The molecule has 38 heavy (non-hydrogen) atoms. The van der Waals surface area contributed by atoms with Gasteiger partial charge in [0.15, 0.2) is 0 Å². The molecule has 0 radical (unpaired) electrons. The second kappa shape index (κ2) is 9.60. The summed E-state index contributed by atoms with van der Waals surface area (Å²) in [6, 6.07) is 18.8. The maximum Gasteiger partial charge on any atom is 0.338 e. The van der Waals surface area contributed by atoms with Crippen LogP contribution in [0.3, 0.4) is 0 Å². The Kier molecular flexibility index (Phi) is 6.57. The fourth-order valence-electron chi connectivity index (χ4n) is 3.77. The molecule has 0 aliphatic rings. The van der Waals surface area contributed by atoms with Crippen LogP contribution < -0.4 is 0 Å². The number of fused-ring (bicyclic) bond motifs is 2. The number of carbonyl (C=O) groups is 2. The Morgan fingerprint density at radius 2 is 0.974 bits per heavy atom. The molecule has 0 amide bonds. The number of thiazole rings is 2. The summed E-state index contributed by atoms with van der Waals surface area (Å²) in [4.78, 5) is 34.3. The van der Waals surface area contributed by atoms with Gasteiger partial charge in [0.2, 0.25) is 0 Å². The minimum absolute atomic E-state index is 0.338. The quantitative estimate of drug-likeness (QED) is 0.212. The number of esters is 2. The third-order valence-corrected chi connectivity index (χ3v) is 7.57. The molecule has 0 atom stereocenters. The van der Waals surface area contributed by atoms with Gasteiger partial charge in [0.05, 0.1) is 31.6 Å². The number of benzene rings is 3. The van der Waals surface area contributed by atoms with E-state index < -0.39 is 11.2 Å². The van der Waals surface area contributed by atoms with Crippen LogP contribution in [0.4, 0.5) is 0 Å². The van der Waals surface area contributed by atoms with E-state index in [1.807, 2.05) is 71.9 Å². The third kappa shape index (κ3) is 5.76. The van der Waals surface area contributed by atoms with E-state index in [2.05, 4.69) is 6.07 Å². The molecular weight excluding hydrogens is 516 g/mol. The van der Waals surface area contributed by atoms with Gasteiger partial charge in [0, 0.05) is 11.1 Å². The highest BCUT2D eigenvalue weighted by Crippen LogP contribution is 2.37. The van der Waals surface area contributed by atoms with E-state index in [0.29, 0.717) is 11.1 Å². The molecule has 2 aromatic heterocycles. The topological polar surface area (TPSA) is 78.4 Å². The second-order valence-electron chi connectivity index (χ2n) is 11.0. The van der Waals surface area contributed by atoms with Crippen molar-refractivity contribution in [2.75, 3.05) is 0 Å². The van der Waals surface area contributed by atoms with Gasteiger partial charge < -0.3 is 9.47 Å². The van der Waals surface area contributed by atoms with Crippen LogP contribution in [0.15, 0.2) is 60.7 Å². The SMILES string of the molecule is CC(C)(C)OC(=O)c1ccc(-c2nc3cc4nc(-c5ccc(C(=O)OC(C)(C)C)cc5)sc4cc3s2)cc1. The van der Waals surface area contributed by atoms with Crippen molar-refractivity contribution in [2.45, 2.75) is 52.7 Å². The molecule has 5 aromatic rings. The van der Waals surface area contributed by atoms with Crippen molar-refractivity contribution in [3.8, 4) is 21.1 Å². The minimum Gasteiger partial charge on any atom is -0.456 e. The number of rotatable bonds is 4. The molecule has 0 bridgehead atoms. The molecule has 0 N–H and O–H groups in total. The van der Waals surface area contributed by atoms with Crippen molar-refractivity contribution >= 4 is 55.0 Å². The van der Waals surface area contributed by atoms with Crippen molar-refractivity contribution in [1.82, 2.24) is 9.97 Å². The summed E-state index contributed by atoms with van der Waals surface area (Å²) in [5.74, 6) is -0.676. The van der Waals surface area contributed by atoms with E-state index in [0.717, 1.165) is 41.6 Å². The first kappa shape index (κ1) is 26.0. The Labute approximate surface area is 229 Å². The van der Waals surface area contributed by atoms with Crippen LogP contribution in [0, 0.1) is 0 Å². The Bertz CT molecular complexity index is 1480. The fraction of sp³-hybridized carbons (Fsp3) is 0.267. The van der Waals surface area contributed by atoms with Crippen LogP contribution in [0.5, 0.6) is 0 Å². The van der Waals surface area contributed by atoms with Crippen molar-refractivity contribution in [2.24, 2.45) is 0 Å². The standard InChI is InChI=1S/C30H28N2O4S2/c1-29(2,3)35-27(33)19-11-7-17(8-12-19)25-31-21-15-22-24(16-23(21)37-25)38-26(32-22)18-9-13-20(14-10-18)28(34)36-30(4,5)6/h7-16H,1-6H3. The normalized spacial score (nSPS) is 12.2. The largest absolute Gasteiger partial charge is 0.456 e. The molecule has 6 nitrogen and oxygen atoms in total. The van der Waals surface area contributed by atoms with Gasteiger partial charge >= 0.3 is 11.9 Å². The Morgan fingerprint density at radius 3 is 1.32 bits per heavy atom. The molecule has 0 unspecified atom stereocenters. The summed E-state index contributed by atoms with van der Waals surface area (Å²) in [5, 5.41) is 1.76. The van der Waals surface area contributed by atoms with Gasteiger partial charge in [-0.25, -0.2) is 19.6 Å². The maximum absolute atomic E-state index is 12.3. The van der Waals surface area contributed by atoms with Crippen LogP contribution in [0.25, 0.3) is 41.6 Å². The summed E-state index contributed by atoms with van der Waals surface area (Å²) in [5.41, 5.74) is 3.61. The van der Waals surface area contributed by atoms with E-state index in [1.54, 1.807) is 46.9 Å². The van der Waals surface area contributed by atoms with Gasteiger partial charge in [-0.3, -0.25) is 0 Å². The molecule has 3 aromatic carbocycles. The predicted molar refractivity (Wildman–Crippen MR) is 154 cm³/mol. The highest BCUT2D eigenvalue weighted by molar-refractivity contribution is 7.23. The summed E-state index contributed by atoms with van der Waals surface area (Å²) in [7, 11) is 0. The Morgan fingerprint density at radius 1 is 0.605 bits per heavy atom. The lowest BCUT2D eigenvalue weighted by Gasteiger charge is -2.19. The minimum atomic E-state index is -0.535. The van der Waals surface area contributed by atoms with Crippen molar-refractivity contribution in [1.29, 1.82) is 0 Å². The Hall–Kier alpha value is -3.62. The highest BCUT2D eigenvalue weighted by atomic mass is 32.1. The first-order chi connectivity index (χ1) is 17.8. The summed E-state index contributed by atoms with van der Waals surface area (Å²) in [6.07, 6.45) is 0. The van der Waals surface area contributed by atoms with E-state index in [9.17, 15) is 9.59 Å². The number of hydrogen-bond acceptors (Lipinski definition) is 8. The summed E-state index contributed by atoms with van der Waals surface area (Å²) < 4.78 is 13.0. The van der Waals surface area contributed by atoms with E-state index in [4.69, 9.17) is 19.4 Å². The van der Waals surface area contributed by atoms with Crippen LogP contribution in [-0.4, -0.2) is 33.1 Å². The molecular formula is C30H28N2O4S2. The highest BCUT2D eigenvalue weighted by Gasteiger charge is 2.19. The third-order valence-electron chi connectivity index (χ3n) is 5.43. The van der Waals surface area contributed by atoms with Gasteiger partial charge in [0.1, 0.15) is 21.2 Å². The van der Waals surface area contributed by atoms with Gasteiger partial charge in [-0.2, -0.15) is 0 Å². The number of nitrogens with zero attached hydrogens (tertiary/aromatic N) is 2. The molecule has 0 fully saturated rings. The second-order valence-corrected chi connectivity index (χ2v) is 13.0. The molecule has 5 rings (SSSR count). The zero-order valence-corrected chi connectivity index (χ0v) is 23.8. The molecule has 0 spiro atoms. The zero-order chi connectivity index (χ0) is 27.2. The van der Waals surface area contributed by atoms with E-state index >= 15 is 0 Å². The monoisotopic (exact) mass is 544 g/mol. The van der Waals surface area contributed by atoms with Crippen LogP contribution in [-0.2, 0) is 9.47 Å². The fourth-order valence-corrected chi connectivity index (χ4v) is 5.83. The Balaban J connectivity index is 1.37. The molecule has 0 aliphatic carbocycles. The van der Waals surface area contributed by atoms with E-state index in [-0.39, 0.29) is 11.9 Å². The lowest BCUT2D eigenvalue weighted by Crippen LogP contribution is -2.23. The summed E-state index contributed by atoms with van der Waals surface area (Å²) in [6.45, 7) is 11.1. The lowest BCUT2D eigenvalue weighted by molar-refractivity contribution is 0.00570. The number of ether oxygens (including phenoxy) is 2. The molecule has 2 heterocycles. The van der Waals surface area contributed by atoms with Gasteiger partial charge in [-0.15, -0.1) is 22.7 Å². The lowest BCUT2D eigenvalue weighted by atomic mass is 10.1. The molecule has 8 heteroatoms. The number of hydrogen-bond donors (Lipinski definition) is 0. The summed E-state index contributed by atoms with van der Waals surface area (Å²) >= 11 is 3.21. The molecule has 194 valence electrons. The van der Waals surface area contributed by atoms with Crippen LogP contribution >= 0.6 is 22.7 Å². The van der Waals surface area contributed by atoms with Gasteiger partial charge in [0.25, 0.3) is 0 Å². The predicted octanol–water partition coefficient (Wildman–Crippen LogP) is 8.15. The van der Waals surface area contributed by atoms with Crippen LogP contribution in [0.1, 0.15) is 62.3 Å². The number of carbonyl (C=O) groups excluding carboxylic acids is 2. The smallest absolute Gasteiger partial charge is 0.338 e. The molecule has 0 saturated carbocycles. The first-order valence-corrected chi connectivity index (χ1v) is 13.9. The zero-order valence-electron chi connectivity index (χ0n) is 22.1. The number of aromatic nitrogens is 2.